The van der Waals surface area contributed by atoms with Crippen molar-refractivity contribution in [2.24, 2.45) is 0 Å². The molecule has 0 unspecified atom stereocenters. The second kappa shape index (κ2) is 10.8. The summed E-state index contributed by atoms with van der Waals surface area (Å²) >= 11 is 0. The maximum absolute atomic E-state index is 12.9. The van der Waals surface area contributed by atoms with Crippen molar-refractivity contribution in [3.05, 3.63) is 48.2 Å². The van der Waals surface area contributed by atoms with E-state index in [1.54, 1.807) is 71.8 Å². The van der Waals surface area contributed by atoms with Crippen LogP contribution in [0.3, 0.4) is 0 Å². The first-order valence-corrected chi connectivity index (χ1v) is 12.0. The summed E-state index contributed by atoms with van der Waals surface area (Å²) in [6.07, 6.45) is -1.01. The van der Waals surface area contributed by atoms with E-state index >= 15 is 0 Å². The first kappa shape index (κ1) is 27.9. The van der Waals surface area contributed by atoms with Gasteiger partial charge in [0.05, 0.1) is 19.8 Å². The molecule has 1 aliphatic heterocycles. The fourth-order valence-electron chi connectivity index (χ4n) is 3.65. The Hall–Kier alpha value is -3.66. The highest BCUT2D eigenvalue weighted by Crippen LogP contribution is 2.32. The van der Waals surface area contributed by atoms with Crippen LogP contribution in [0.15, 0.2) is 42.6 Å². The Labute approximate surface area is 217 Å². The van der Waals surface area contributed by atoms with Crippen molar-refractivity contribution in [2.45, 2.75) is 78.4 Å². The maximum Gasteiger partial charge on any atom is 0.425 e. The van der Waals surface area contributed by atoms with Crippen LogP contribution >= 0.6 is 0 Å². The second-order valence-electron chi connectivity index (χ2n) is 10.7. The summed E-state index contributed by atoms with van der Waals surface area (Å²) in [4.78, 5) is 45.2. The van der Waals surface area contributed by atoms with Crippen LogP contribution in [0.1, 0.15) is 54.0 Å². The zero-order valence-electron chi connectivity index (χ0n) is 22.6. The third-order valence-electron chi connectivity index (χ3n) is 5.30. The molecule has 0 bridgehead atoms. The van der Waals surface area contributed by atoms with Gasteiger partial charge in [-0.15, -0.1) is 0 Å². The molecule has 1 aromatic carbocycles. The molecule has 2 aromatic rings. The van der Waals surface area contributed by atoms with Gasteiger partial charge in [-0.3, -0.25) is 4.79 Å². The van der Waals surface area contributed by atoms with Gasteiger partial charge in [-0.2, -0.15) is 4.90 Å². The van der Waals surface area contributed by atoms with E-state index in [0.29, 0.717) is 11.3 Å². The quantitative estimate of drug-likeness (QED) is 0.492. The number of carbonyl (C=O) groups is 3. The lowest BCUT2D eigenvalue weighted by Crippen LogP contribution is -2.64. The third-order valence-corrected chi connectivity index (χ3v) is 5.30. The summed E-state index contributed by atoms with van der Waals surface area (Å²) in [5.74, 6) is 0.575. The second-order valence-corrected chi connectivity index (χ2v) is 10.7. The number of methoxy groups -OCH3 is 1. The predicted octanol–water partition coefficient (Wildman–Crippen LogP) is 5.09. The molecule has 10 heteroatoms. The Morgan fingerprint density at radius 1 is 0.973 bits per heavy atom. The van der Waals surface area contributed by atoms with Crippen LogP contribution in [-0.4, -0.2) is 53.5 Å². The topological polar surface area (TPSA) is 108 Å². The number of carbonyl (C=O) groups excluding carboxylic acids is 3. The van der Waals surface area contributed by atoms with E-state index in [1.807, 2.05) is 19.1 Å². The molecule has 3 rings (SSSR count). The van der Waals surface area contributed by atoms with Crippen LogP contribution in [0, 0.1) is 0 Å². The van der Waals surface area contributed by atoms with Gasteiger partial charge in [0.1, 0.15) is 22.8 Å². The fraction of sp³-hybridized carbons (Fsp3) is 0.481. The molecule has 0 saturated carbocycles. The van der Waals surface area contributed by atoms with E-state index in [4.69, 9.17) is 18.9 Å². The number of hydrogen-bond acceptors (Lipinski definition) is 8. The smallest absolute Gasteiger partial charge is 0.425 e. The molecule has 37 heavy (non-hydrogen) atoms. The number of ether oxygens (including phenoxy) is 4. The van der Waals surface area contributed by atoms with Crippen molar-refractivity contribution in [1.29, 1.82) is 0 Å². The minimum Gasteiger partial charge on any atom is -0.497 e. The lowest BCUT2D eigenvalue weighted by atomic mass is 9.98. The SMILES string of the molecule is COc1ccc(N2C(=O)[C@H](OCc3ccnc(N(C(=O)OC(C)(C)C)C(=O)OC(C)(C)C)c3)[C@H]2C)cc1. The number of hydrogen-bond donors (Lipinski definition) is 0. The van der Waals surface area contributed by atoms with Crippen molar-refractivity contribution in [3.63, 3.8) is 0 Å². The predicted molar refractivity (Wildman–Crippen MR) is 138 cm³/mol. The highest BCUT2D eigenvalue weighted by molar-refractivity contribution is 6.08. The normalized spacial score (nSPS) is 17.6. The molecule has 10 nitrogen and oxygen atoms in total. The minimum atomic E-state index is -0.912. The molecule has 2 atom stereocenters. The zero-order valence-corrected chi connectivity index (χ0v) is 22.6. The number of imide groups is 1. The van der Waals surface area contributed by atoms with E-state index < -0.39 is 29.5 Å². The van der Waals surface area contributed by atoms with Crippen LogP contribution < -0.4 is 14.5 Å². The Morgan fingerprint density at radius 2 is 1.54 bits per heavy atom. The largest absolute Gasteiger partial charge is 0.497 e. The molecule has 0 radical (unpaired) electrons. The molecule has 0 spiro atoms. The first-order chi connectivity index (χ1) is 17.2. The van der Waals surface area contributed by atoms with Gasteiger partial charge >= 0.3 is 12.2 Å². The van der Waals surface area contributed by atoms with Crippen molar-refractivity contribution in [2.75, 3.05) is 16.9 Å². The lowest BCUT2D eigenvalue weighted by Gasteiger charge is -2.44. The Balaban J connectivity index is 1.73. The van der Waals surface area contributed by atoms with E-state index in [-0.39, 0.29) is 24.4 Å². The Bertz CT molecular complexity index is 1110. The van der Waals surface area contributed by atoms with Gasteiger partial charge in [0.2, 0.25) is 0 Å². The van der Waals surface area contributed by atoms with Gasteiger partial charge < -0.3 is 23.8 Å². The third kappa shape index (κ3) is 6.97. The monoisotopic (exact) mass is 513 g/mol. The molecule has 1 aromatic heterocycles. The highest BCUT2D eigenvalue weighted by Gasteiger charge is 2.46. The Kier molecular flexibility index (Phi) is 8.12. The van der Waals surface area contributed by atoms with E-state index in [9.17, 15) is 14.4 Å². The van der Waals surface area contributed by atoms with Crippen molar-refractivity contribution in [1.82, 2.24) is 4.98 Å². The number of nitrogens with zero attached hydrogens (tertiary/aromatic N) is 3. The molecule has 0 aliphatic carbocycles. The van der Waals surface area contributed by atoms with Crippen LogP contribution in [0.2, 0.25) is 0 Å². The van der Waals surface area contributed by atoms with Gasteiger partial charge in [-0.25, -0.2) is 14.6 Å². The number of anilines is 2. The van der Waals surface area contributed by atoms with Gasteiger partial charge in [-0.1, -0.05) is 0 Å². The zero-order chi connectivity index (χ0) is 27.5. The summed E-state index contributed by atoms with van der Waals surface area (Å²) in [6, 6.07) is 10.3. The molecular formula is C27H35N3O7. The summed E-state index contributed by atoms with van der Waals surface area (Å²) < 4.78 is 21.9. The molecule has 1 fully saturated rings. The number of β-lactam (4-membered cyclic amide) rings is 1. The standard InChI is InChI=1S/C27H35N3O7/c1-17-22(23(31)29(17)19-9-11-20(34-8)12-10-19)35-16-18-13-14-28-21(15-18)30(24(32)36-26(2,3)4)25(33)37-27(5,6)7/h9-15,17,22H,16H2,1-8H3/t17-,22-/m1/s1. The van der Waals surface area contributed by atoms with Crippen LogP contribution in [0.5, 0.6) is 5.75 Å². The molecule has 1 aliphatic rings. The number of aromatic nitrogens is 1. The molecule has 200 valence electrons. The summed E-state index contributed by atoms with van der Waals surface area (Å²) in [7, 11) is 1.58. The summed E-state index contributed by atoms with van der Waals surface area (Å²) in [5.41, 5.74) is -0.303. The van der Waals surface area contributed by atoms with Crippen LogP contribution in [0.25, 0.3) is 0 Å². The molecule has 2 heterocycles. The van der Waals surface area contributed by atoms with Gasteiger partial charge in [0.15, 0.2) is 6.10 Å². The summed E-state index contributed by atoms with van der Waals surface area (Å²) in [6.45, 7) is 12.2. The molecule has 3 amide bonds. The van der Waals surface area contributed by atoms with Crippen molar-refractivity contribution in [3.8, 4) is 5.75 Å². The van der Waals surface area contributed by atoms with E-state index in [2.05, 4.69) is 4.98 Å². The van der Waals surface area contributed by atoms with Gasteiger partial charge in [0, 0.05) is 11.9 Å². The van der Waals surface area contributed by atoms with E-state index in [1.165, 1.54) is 12.3 Å². The Morgan fingerprint density at radius 3 is 2.03 bits per heavy atom. The average molecular weight is 514 g/mol. The van der Waals surface area contributed by atoms with Gasteiger partial charge in [-0.05, 0) is 90.4 Å². The highest BCUT2D eigenvalue weighted by atomic mass is 16.6. The molecule has 0 N–H and O–H groups in total. The maximum atomic E-state index is 12.9. The number of pyridine rings is 1. The van der Waals surface area contributed by atoms with Crippen molar-refractivity contribution < 1.29 is 33.3 Å². The minimum absolute atomic E-state index is 0.0254. The van der Waals surface area contributed by atoms with Crippen molar-refractivity contribution >= 4 is 29.6 Å². The average Bonchev–Trinajstić information content (AvgIpc) is 2.78. The molecular weight excluding hydrogens is 478 g/mol. The summed E-state index contributed by atoms with van der Waals surface area (Å²) in [5, 5.41) is 0. The van der Waals surface area contributed by atoms with Crippen LogP contribution in [0.4, 0.5) is 21.1 Å². The van der Waals surface area contributed by atoms with Crippen LogP contribution in [-0.2, 0) is 25.6 Å². The number of amides is 3. The number of rotatable bonds is 6. The first-order valence-electron chi connectivity index (χ1n) is 12.0. The fourth-order valence-corrected chi connectivity index (χ4v) is 3.65. The van der Waals surface area contributed by atoms with Gasteiger partial charge in [0.25, 0.3) is 5.91 Å². The number of benzene rings is 1. The molecule has 1 saturated heterocycles. The van der Waals surface area contributed by atoms with E-state index in [0.717, 1.165) is 10.6 Å². The lowest BCUT2D eigenvalue weighted by molar-refractivity contribution is -0.142.